The minimum atomic E-state index is -0.601. The Hall–Kier alpha value is -1.62. The van der Waals surface area contributed by atoms with Gasteiger partial charge < -0.3 is 24.2 Å². The maximum atomic E-state index is 14.4. The summed E-state index contributed by atoms with van der Waals surface area (Å²) in [7, 11) is 0. The number of ether oxygens (including phenoxy) is 3. The van der Waals surface area contributed by atoms with Crippen LogP contribution in [-0.4, -0.2) is 122 Å². The Balaban J connectivity index is 1.60. The van der Waals surface area contributed by atoms with Crippen LogP contribution in [-0.2, 0) is 14.2 Å². The van der Waals surface area contributed by atoms with Crippen molar-refractivity contribution in [2.24, 2.45) is 0 Å². The highest BCUT2D eigenvalue weighted by Crippen LogP contribution is 2.15. The Morgan fingerprint density at radius 1 is 1.21 bits per heavy atom. The molecule has 3 rings (SSSR count). The number of amides is 1. The van der Waals surface area contributed by atoms with E-state index in [-0.39, 0.29) is 29.8 Å². The lowest BCUT2D eigenvalue weighted by molar-refractivity contribution is -0.0783. The van der Waals surface area contributed by atoms with Crippen molar-refractivity contribution in [1.29, 1.82) is 0 Å². The smallest absolute Gasteiger partial charge is 0.256 e. The summed E-state index contributed by atoms with van der Waals surface area (Å²) in [5.74, 6) is -0.845. The molecule has 34 heavy (non-hydrogen) atoms. The molecule has 0 bridgehead atoms. The third-order valence-electron chi connectivity index (χ3n) is 6.01. The zero-order valence-corrected chi connectivity index (χ0v) is 20.7. The Morgan fingerprint density at radius 3 is 2.62 bits per heavy atom. The lowest BCUT2D eigenvalue weighted by atomic mass is 10.1. The summed E-state index contributed by atoms with van der Waals surface area (Å²) in [6.07, 6.45) is -0.819. The van der Waals surface area contributed by atoms with E-state index in [1.807, 2.05) is 20.8 Å². The van der Waals surface area contributed by atoms with Crippen LogP contribution >= 0.6 is 0 Å². The van der Waals surface area contributed by atoms with E-state index >= 15 is 0 Å². The first-order valence-corrected chi connectivity index (χ1v) is 12.2. The van der Waals surface area contributed by atoms with Gasteiger partial charge in [-0.15, -0.1) is 0 Å². The second-order valence-electron chi connectivity index (χ2n) is 10.0. The van der Waals surface area contributed by atoms with Gasteiger partial charge in [-0.2, -0.15) is 0 Å². The minimum Gasteiger partial charge on any atom is -0.389 e. The zero-order chi connectivity index (χ0) is 24.6. The SMILES string of the molecule is CC(C)(C)OC[C@H](O)CN1CCO[C@@H](CN(CCN2CCOCC2)C(=O)c2ccccc2F)C1. The number of hydrogen-bond donors (Lipinski definition) is 1. The first kappa shape index (κ1) is 27.0. The van der Waals surface area contributed by atoms with E-state index in [4.69, 9.17) is 14.2 Å². The quantitative estimate of drug-likeness (QED) is 0.543. The third-order valence-corrected chi connectivity index (χ3v) is 6.01. The number of morpholine rings is 2. The molecule has 0 saturated carbocycles. The van der Waals surface area contributed by atoms with Crippen LogP contribution < -0.4 is 0 Å². The lowest BCUT2D eigenvalue weighted by Crippen LogP contribution is -2.52. The highest BCUT2D eigenvalue weighted by Gasteiger charge is 2.28. The van der Waals surface area contributed by atoms with Crippen LogP contribution in [0.15, 0.2) is 24.3 Å². The van der Waals surface area contributed by atoms with Crippen molar-refractivity contribution in [2.45, 2.75) is 38.6 Å². The summed E-state index contributed by atoms with van der Waals surface area (Å²) < 4.78 is 31.5. The molecule has 2 heterocycles. The van der Waals surface area contributed by atoms with Gasteiger partial charge in [-0.05, 0) is 32.9 Å². The van der Waals surface area contributed by atoms with Crippen molar-refractivity contribution < 1.29 is 28.5 Å². The Kier molecular flexibility index (Phi) is 10.2. The number of halogens is 1. The van der Waals surface area contributed by atoms with E-state index in [9.17, 15) is 14.3 Å². The zero-order valence-electron chi connectivity index (χ0n) is 20.7. The Bertz CT molecular complexity index is 769. The van der Waals surface area contributed by atoms with Gasteiger partial charge in [0.1, 0.15) is 5.82 Å². The summed E-state index contributed by atoms with van der Waals surface area (Å²) >= 11 is 0. The van der Waals surface area contributed by atoms with Gasteiger partial charge >= 0.3 is 0 Å². The minimum absolute atomic E-state index is 0.0758. The Labute approximate surface area is 202 Å². The van der Waals surface area contributed by atoms with E-state index < -0.39 is 11.9 Å². The number of β-amino-alcohol motifs (C(OH)–C–C–N with tert-alkyl or cyclic N) is 1. The average molecular weight is 482 g/mol. The normalized spacial score (nSPS) is 21.4. The number of aliphatic hydroxyl groups is 1. The molecule has 1 aromatic carbocycles. The fourth-order valence-corrected chi connectivity index (χ4v) is 4.17. The molecule has 2 aliphatic rings. The molecule has 2 aliphatic heterocycles. The lowest BCUT2D eigenvalue weighted by Gasteiger charge is -2.37. The first-order chi connectivity index (χ1) is 16.2. The number of aliphatic hydroxyl groups excluding tert-OH is 1. The molecule has 9 heteroatoms. The second kappa shape index (κ2) is 12.9. The molecule has 2 atom stereocenters. The molecule has 0 aliphatic carbocycles. The van der Waals surface area contributed by atoms with Gasteiger partial charge in [0.15, 0.2) is 0 Å². The van der Waals surface area contributed by atoms with Crippen LogP contribution in [0.4, 0.5) is 4.39 Å². The molecule has 192 valence electrons. The van der Waals surface area contributed by atoms with E-state index in [1.165, 1.54) is 12.1 Å². The number of carbonyl (C=O) groups is 1. The van der Waals surface area contributed by atoms with Gasteiger partial charge in [0.05, 0.1) is 49.8 Å². The molecular formula is C25H40FN3O5. The number of benzene rings is 1. The Morgan fingerprint density at radius 2 is 1.91 bits per heavy atom. The van der Waals surface area contributed by atoms with Crippen LogP contribution in [0.2, 0.25) is 0 Å². The van der Waals surface area contributed by atoms with Crippen molar-refractivity contribution in [3.8, 4) is 0 Å². The largest absolute Gasteiger partial charge is 0.389 e. The van der Waals surface area contributed by atoms with E-state index in [1.54, 1.807) is 17.0 Å². The number of hydrogen-bond acceptors (Lipinski definition) is 7. The molecular weight excluding hydrogens is 441 g/mol. The maximum absolute atomic E-state index is 14.4. The molecule has 1 N–H and O–H groups in total. The van der Waals surface area contributed by atoms with E-state index in [0.29, 0.717) is 59.1 Å². The molecule has 0 radical (unpaired) electrons. The topological polar surface area (TPSA) is 74.7 Å². The van der Waals surface area contributed by atoms with Gasteiger partial charge in [0.2, 0.25) is 0 Å². The van der Waals surface area contributed by atoms with Crippen LogP contribution in [0.5, 0.6) is 0 Å². The first-order valence-electron chi connectivity index (χ1n) is 12.2. The maximum Gasteiger partial charge on any atom is 0.256 e. The number of nitrogens with zero attached hydrogens (tertiary/aromatic N) is 3. The summed E-state index contributed by atoms with van der Waals surface area (Å²) in [4.78, 5) is 19.4. The molecule has 1 amide bonds. The average Bonchev–Trinajstić information content (AvgIpc) is 2.81. The van der Waals surface area contributed by atoms with Crippen LogP contribution in [0.3, 0.4) is 0 Å². The van der Waals surface area contributed by atoms with E-state index in [0.717, 1.165) is 13.1 Å². The third kappa shape index (κ3) is 8.87. The summed E-state index contributed by atoms with van der Waals surface area (Å²) in [6, 6.07) is 6.10. The van der Waals surface area contributed by atoms with Crippen molar-refractivity contribution in [1.82, 2.24) is 14.7 Å². The van der Waals surface area contributed by atoms with Crippen LogP contribution in [0.1, 0.15) is 31.1 Å². The molecule has 1 aromatic rings. The predicted molar refractivity (Wildman–Crippen MR) is 127 cm³/mol. The summed E-state index contributed by atoms with van der Waals surface area (Å²) in [6.45, 7) is 13.0. The molecule has 8 nitrogen and oxygen atoms in total. The van der Waals surface area contributed by atoms with Crippen LogP contribution in [0, 0.1) is 5.82 Å². The number of rotatable bonds is 10. The van der Waals surface area contributed by atoms with E-state index in [2.05, 4.69) is 9.80 Å². The second-order valence-corrected chi connectivity index (χ2v) is 10.0. The van der Waals surface area contributed by atoms with Gasteiger partial charge in [0, 0.05) is 52.4 Å². The van der Waals surface area contributed by atoms with Gasteiger partial charge in [-0.1, -0.05) is 12.1 Å². The number of carbonyl (C=O) groups excluding carboxylic acids is 1. The fourth-order valence-electron chi connectivity index (χ4n) is 4.17. The molecule has 0 aromatic heterocycles. The van der Waals surface area contributed by atoms with Gasteiger partial charge in [0.25, 0.3) is 5.91 Å². The van der Waals surface area contributed by atoms with Crippen LogP contribution in [0.25, 0.3) is 0 Å². The highest BCUT2D eigenvalue weighted by atomic mass is 19.1. The molecule has 2 fully saturated rings. The standard InChI is InChI=1S/C25H40FN3O5/c1-25(2,3)34-19-20(30)16-28-12-15-33-21(17-28)18-29(9-8-27-10-13-32-14-11-27)24(31)22-6-4-5-7-23(22)26/h4-7,20-21,30H,8-19H2,1-3H3/t20-,21-/m1/s1. The van der Waals surface area contributed by atoms with Gasteiger partial charge in [-0.25, -0.2) is 4.39 Å². The molecule has 2 saturated heterocycles. The van der Waals surface area contributed by atoms with Crippen molar-refractivity contribution in [3.05, 3.63) is 35.6 Å². The summed E-state index contributed by atoms with van der Waals surface area (Å²) in [5.41, 5.74) is -0.227. The van der Waals surface area contributed by atoms with Gasteiger partial charge in [-0.3, -0.25) is 14.6 Å². The monoisotopic (exact) mass is 481 g/mol. The van der Waals surface area contributed by atoms with Crippen molar-refractivity contribution in [2.75, 3.05) is 78.8 Å². The van der Waals surface area contributed by atoms with Crippen molar-refractivity contribution >= 4 is 5.91 Å². The molecule has 0 unspecified atom stereocenters. The molecule has 0 spiro atoms. The predicted octanol–water partition coefficient (Wildman–Crippen LogP) is 1.48. The van der Waals surface area contributed by atoms with Crippen molar-refractivity contribution in [3.63, 3.8) is 0 Å². The summed E-state index contributed by atoms with van der Waals surface area (Å²) in [5, 5.41) is 10.4. The fraction of sp³-hybridized carbons (Fsp3) is 0.720. The highest BCUT2D eigenvalue weighted by molar-refractivity contribution is 5.94.